The van der Waals surface area contributed by atoms with Crippen molar-refractivity contribution in [3.05, 3.63) is 42.6 Å². The maximum atomic E-state index is 12.2. The number of para-hydroxylation sites is 1. The molecule has 0 unspecified atom stereocenters. The van der Waals surface area contributed by atoms with Crippen LogP contribution in [0.2, 0.25) is 0 Å². The second-order valence-electron chi connectivity index (χ2n) is 7.88. The molecular weight excluding hydrogens is 342 g/mol. The minimum atomic E-state index is -0.552. The van der Waals surface area contributed by atoms with E-state index in [0.29, 0.717) is 13.0 Å². The van der Waals surface area contributed by atoms with Crippen molar-refractivity contribution in [2.45, 2.75) is 64.5 Å². The summed E-state index contributed by atoms with van der Waals surface area (Å²) in [5.41, 5.74) is 1.68. The first kappa shape index (κ1) is 22.4. The molecule has 0 saturated heterocycles. The minimum absolute atomic E-state index is 0.105. The SMILES string of the molecule is C=CC.CCOC(=O)C(C)(C)Cc1[nH]c2ccccc2c1SC(C)(C)C. The van der Waals surface area contributed by atoms with Crippen molar-refractivity contribution in [3.63, 3.8) is 0 Å². The molecule has 3 nitrogen and oxygen atoms in total. The molecule has 1 N–H and O–H groups in total. The Morgan fingerprint density at radius 1 is 1.23 bits per heavy atom. The standard InChI is InChI=1S/C19H27NO2S.C3H6/c1-7-22-17(21)19(5,6)12-15-16(23-18(2,3)4)13-10-8-9-11-14(13)20-15;1-3-2/h8-11,20H,7,12H2,1-6H3;3H,1H2,2H3. The smallest absolute Gasteiger partial charge is 0.311 e. The van der Waals surface area contributed by atoms with E-state index < -0.39 is 5.41 Å². The summed E-state index contributed by atoms with van der Waals surface area (Å²) in [4.78, 5) is 17.0. The molecule has 2 rings (SSSR count). The molecule has 0 aliphatic heterocycles. The highest BCUT2D eigenvalue weighted by Crippen LogP contribution is 2.41. The van der Waals surface area contributed by atoms with Crippen LogP contribution in [0.25, 0.3) is 10.9 Å². The Balaban J connectivity index is 0.00000105. The van der Waals surface area contributed by atoms with Crippen LogP contribution in [0, 0.1) is 5.41 Å². The zero-order valence-electron chi connectivity index (χ0n) is 17.2. The van der Waals surface area contributed by atoms with Crippen LogP contribution in [0.1, 0.15) is 54.2 Å². The third-order valence-electron chi connectivity index (χ3n) is 3.59. The number of carbonyl (C=O) groups excluding carboxylic acids is 1. The number of aromatic amines is 1. The van der Waals surface area contributed by atoms with Gasteiger partial charge >= 0.3 is 5.97 Å². The molecule has 0 radical (unpaired) electrons. The van der Waals surface area contributed by atoms with Gasteiger partial charge in [-0.15, -0.1) is 18.3 Å². The summed E-state index contributed by atoms with van der Waals surface area (Å²) >= 11 is 1.85. The molecule has 0 aliphatic carbocycles. The Kier molecular flexibility index (Phi) is 8.01. The fourth-order valence-electron chi connectivity index (χ4n) is 2.56. The second-order valence-corrected chi connectivity index (χ2v) is 9.72. The van der Waals surface area contributed by atoms with Gasteiger partial charge in [-0.3, -0.25) is 4.79 Å². The summed E-state index contributed by atoms with van der Waals surface area (Å²) in [5.74, 6) is -0.148. The molecule has 0 bridgehead atoms. The third-order valence-corrected chi connectivity index (χ3v) is 4.87. The number of rotatable bonds is 5. The maximum Gasteiger partial charge on any atom is 0.311 e. The monoisotopic (exact) mass is 375 g/mol. The predicted octanol–water partition coefficient (Wildman–Crippen LogP) is 6.38. The van der Waals surface area contributed by atoms with Crippen molar-refractivity contribution in [3.8, 4) is 0 Å². The highest BCUT2D eigenvalue weighted by Gasteiger charge is 2.32. The van der Waals surface area contributed by atoms with Gasteiger partial charge in [0.05, 0.1) is 12.0 Å². The fourth-order valence-corrected chi connectivity index (χ4v) is 3.71. The highest BCUT2D eigenvalue weighted by molar-refractivity contribution is 8.00. The van der Waals surface area contributed by atoms with E-state index in [1.165, 1.54) is 10.3 Å². The van der Waals surface area contributed by atoms with Gasteiger partial charge in [0.1, 0.15) is 0 Å². The minimum Gasteiger partial charge on any atom is -0.466 e. The van der Waals surface area contributed by atoms with Gasteiger partial charge in [0.15, 0.2) is 0 Å². The topological polar surface area (TPSA) is 42.1 Å². The number of allylic oxidation sites excluding steroid dienone is 1. The van der Waals surface area contributed by atoms with E-state index in [1.54, 1.807) is 6.08 Å². The number of fused-ring (bicyclic) bond motifs is 1. The molecule has 4 heteroatoms. The lowest BCUT2D eigenvalue weighted by Gasteiger charge is -2.24. The summed E-state index contributed by atoms with van der Waals surface area (Å²) in [6, 6.07) is 8.32. The molecule has 26 heavy (non-hydrogen) atoms. The molecular formula is C22H33NO2S. The average Bonchev–Trinajstić information content (AvgIpc) is 2.84. The zero-order valence-corrected chi connectivity index (χ0v) is 18.0. The number of thioether (sulfide) groups is 1. The Morgan fingerprint density at radius 2 is 1.81 bits per heavy atom. The van der Waals surface area contributed by atoms with Crippen LogP contribution in [0.15, 0.2) is 41.8 Å². The molecule has 1 aromatic heterocycles. The van der Waals surface area contributed by atoms with E-state index in [2.05, 4.69) is 50.5 Å². The van der Waals surface area contributed by atoms with Crippen molar-refractivity contribution >= 4 is 28.6 Å². The average molecular weight is 376 g/mol. The summed E-state index contributed by atoms with van der Waals surface area (Å²) in [6.45, 7) is 18.0. The number of benzene rings is 1. The first-order valence-corrected chi connectivity index (χ1v) is 9.90. The van der Waals surface area contributed by atoms with Crippen molar-refractivity contribution in [2.24, 2.45) is 5.41 Å². The molecule has 0 saturated carbocycles. The lowest BCUT2D eigenvalue weighted by molar-refractivity contribution is -0.153. The van der Waals surface area contributed by atoms with Crippen LogP contribution in [0.5, 0.6) is 0 Å². The normalized spacial score (nSPS) is 11.7. The van der Waals surface area contributed by atoms with E-state index in [0.717, 1.165) is 11.2 Å². The third kappa shape index (κ3) is 6.24. The predicted molar refractivity (Wildman–Crippen MR) is 114 cm³/mol. The number of H-pyrrole nitrogens is 1. The summed E-state index contributed by atoms with van der Waals surface area (Å²) in [6.07, 6.45) is 2.39. The van der Waals surface area contributed by atoms with E-state index in [1.807, 2.05) is 45.5 Å². The van der Waals surface area contributed by atoms with Gasteiger partial charge in [-0.1, -0.05) is 45.0 Å². The van der Waals surface area contributed by atoms with Gasteiger partial charge in [0.2, 0.25) is 0 Å². The van der Waals surface area contributed by atoms with Crippen molar-refractivity contribution in [1.29, 1.82) is 0 Å². The largest absolute Gasteiger partial charge is 0.466 e. The summed E-state index contributed by atoms with van der Waals surface area (Å²) < 4.78 is 5.34. The Labute approximate surface area is 162 Å². The van der Waals surface area contributed by atoms with Crippen LogP contribution in [0.3, 0.4) is 0 Å². The fraction of sp³-hybridized carbons (Fsp3) is 0.500. The summed E-state index contributed by atoms with van der Waals surface area (Å²) in [7, 11) is 0. The molecule has 0 spiro atoms. The van der Waals surface area contributed by atoms with Crippen LogP contribution in [-0.4, -0.2) is 22.3 Å². The van der Waals surface area contributed by atoms with E-state index in [9.17, 15) is 4.79 Å². The molecule has 1 aromatic carbocycles. The molecule has 0 amide bonds. The molecule has 0 fully saturated rings. The van der Waals surface area contributed by atoms with Crippen molar-refractivity contribution in [2.75, 3.05) is 6.61 Å². The van der Waals surface area contributed by atoms with Crippen LogP contribution < -0.4 is 0 Å². The lowest BCUT2D eigenvalue weighted by Crippen LogP contribution is -2.29. The van der Waals surface area contributed by atoms with Crippen molar-refractivity contribution in [1.82, 2.24) is 4.98 Å². The van der Waals surface area contributed by atoms with E-state index >= 15 is 0 Å². The molecule has 2 aromatic rings. The Hall–Kier alpha value is -1.68. The molecule has 144 valence electrons. The van der Waals surface area contributed by atoms with Crippen LogP contribution in [-0.2, 0) is 16.0 Å². The van der Waals surface area contributed by atoms with Crippen LogP contribution >= 0.6 is 11.8 Å². The quantitative estimate of drug-likeness (QED) is 0.374. The first-order valence-electron chi connectivity index (χ1n) is 9.08. The summed E-state index contributed by atoms with van der Waals surface area (Å²) in [5, 5.41) is 1.22. The Bertz CT molecular complexity index is 738. The lowest BCUT2D eigenvalue weighted by atomic mass is 9.88. The number of carbonyl (C=O) groups is 1. The van der Waals surface area contributed by atoms with Gasteiger partial charge < -0.3 is 9.72 Å². The molecule has 0 atom stereocenters. The number of hydrogen-bond donors (Lipinski definition) is 1. The van der Waals surface area contributed by atoms with Crippen LogP contribution in [0.4, 0.5) is 0 Å². The van der Waals surface area contributed by atoms with Gasteiger partial charge in [0.25, 0.3) is 0 Å². The second kappa shape index (κ2) is 9.31. The van der Waals surface area contributed by atoms with E-state index in [-0.39, 0.29) is 10.7 Å². The number of nitrogens with one attached hydrogen (secondary N) is 1. The number of aromatic nitrogens is 1. The highest BCUT2D eigenvalue weighted by atomic mass is 32.2. The first-order chi connectivity index (χ1) is 12.1. The number of esters is 1. The van der Waals surface area contributed by atoms with Crippen molar-refractivity contribution < 1.29 is 9.53 Å². The number of ether oxygens (including phenoxy) is 1. The molecule has 0 aliphatic rings. The van der Waals surface area contributed by atoms with E-state index in [4.69, 9.17) is 4.74 Å². The van der Waals surface area contributed by atoms with Gasteiger partial charge in [-0.05, 0) is 33.8 Å². The number of hydrogen-bond acceptors (Lipinski definition) is 3. The van der Waals surface area contributed by atoms with Gasteiger partial charge in [-0.25, -0.2) is 0 Å². The molecule has 1 heterocycles. The Morgan fingerprint density at radius 3 is 2.35 bits per heavy atom. The van der Waals surface area contributed by atoms with Gasteiger partial charge in [0, 0.05) is 32.7 Å². The zero-order chi connectivity index (χ0) is 20.0. The maximum absolute atomic E-state index is 12.2. The van der Waals surface area contributed by atoms with Gasteiger partial charge in [-0.2, -0.15) is 0 Å².